The number of rotatable bonds is 10. The van der Waals surface area contributed by atoms with Crippen LogP contribution in [-0.2, 0) is 29.0 Å². The van der Waals surface area contributed by atoms with Gasteiger partial charge in [-0.1, -0.05) is 61.8 Å². The SMILES string of the molecule is CCc1ccc(CCC(=O)N(Cc2cccc(Cl)c2)[C@@H](C)C(=O)N[C@@H](C)CC)cc1. The molecule has 1 N–H and O–H groups in total. The minimum absolute atomic E-state index is 0.0404. The molecule has 2 rings (SSSR count). The van der Waals surface area contributed by atoms with Crippen molar-refractivity contribution in [2.75, 3.05) is 0 Å². The Kier molecular flexibility index (Phi) is 9.38. The Bertz CT molecular complexity index is 835. The molecule has 0 saturated carbocycles. The molecule has 0 radical (unpaired) electrons. The summed E-state index contributed by atoms with van der Waals surface area (Å²) in [5, 5.41) is 3.61. The van der Waals surface area contributed by atoms with E-state index in [4.69, 9.17) is 11.6 Å². The summed E-state index contributed by atoms with van der Waals surface area (Å²) in [6.45, 7) is 8.25. The Hall–Kier alpha value is -2.33. The van der Waals surface area contributed by atoms with E-state index in [9.17, 15) is 9.59 Å². The standard InChI is InChI=1S/C25H33ClN2O2/c1-5-18(3)27-25(30)19(4)28(17-22-8-7-9-23(26)16-22)24(29)15-14-21-12-10-20(6-2)11-13-21/h7-13,16,18-19H,5-6,14-15,17H2,1-4H3,(H,27,30)/t18-,19-/m0/s1. The van der Waals surface area contributed by atoms with Crippen LogP contribution in [0.5, 0.6) is 0 Å². The van der Waals surface area contributed by atoms with Crippen LogP contribution in [0, 0.1) is 0 Å². The van der Waals surface area contributed by atoms with E-state index < -0.39 is 6.04 Å². The maximum Gasteiger partial charge on any atom is 0.242 e. The molecular weight excluding hydrogens is 396 g/mol. The second kappa shape index (κ2) is 11.8. The number of carbonyl (C=O) groups is 2. The second-order valence-electron chi connectivity index (χ2n) is 7.82. The first-order valence-electron chi connectivity index (χ1n) is 10.8. The van der Waals surface area contributed by atoms with Gasteiger partial charge in [0.25, 0.3) is 0 Å². The fourth-order valence-corrected chi connectivity index (χ4v) is 3.43. The second-order valence-corrected chi connectivity index (χ2v) is 8.25. The molecule has 0 aliphatic rings. The van der Waals surface area contributed by atoms with Crippen molar-refractivity contribution in [3.8, 4) is 0 Å². The summed E-state index contributed by atoms with van der Waals surface area (Å²) < 4.78 is 0. The number of carbonyl (C=O) groups excluding carboxylic acids is 2. The fraction of sp³-hybridized carbons (Fsp3) is 0.440. The normalized spacial score (nSPS) is 12.8. The van der Waals surface area contributed by atoms with Crippen molar-refractivity contribution in [2.45, 2.75) is 72.0 Å². The molecule has 30 heavy (non-hydrogen) atoms. The molecular formula is C25H33ClN2O2. The summed E-state index contributed by atoms with van der Waals surface area (Å²) in [5.41, 5.74) is 3.31. The van der Waals surface area contributed by atoms with Gasteiger partial charge < -0.3 is 10.2 Å². The fourth-order valence-electron chi connectivity index (χ4n) is 3.22. The number of aryl methyl sites for hydroxylation is 2. The van der Waals surface area contributed by atoms with E-state index in [0.717, 1.165) is 24.0 Å². The quantitative estimate of drug-likeness (QED) is 0.567. The molecule has 0 aromatic heterocycles. The van der Waals surface area contributed by atoms with Gasteiger partial charge in [0, 0.05) is 24.0 Å². The molecule has 2 aromatic rings. The molecule has 0 aliphatic heterocycles. The van der Waals surface area contributed by atoms with Crippen molar-refractivity contribution >= 4 is 23.4 Å². The monoisotopic (exact) mass is 428 g/mol. The number of benzene rings is 2. The van der Waals surface area contributed by atoms with Crippen LogP contribution in [-0.4, -0.2) is 28.8 Å². The zero-order valence-electron chi connectivity index (χ0n) is 18.5. The van der Waals surface area contributed by atoms with E-state index in [1.165, 1.54) is 5.56 Å². The predicted molar refractivity (Wildman–Crippen MR) is 124 cm³/mol. The minimum atomic E-state index is -0.562. The van der Waals surface area contributed by atoms with Crippen LogP contribution in [0.1, 0.15) is 57.2 Å². The van der Waals surface area contributed by atoms with Crippen molar-refractivity contribution in [2.24, 2.45) is 0 Å². The van der Waals surface area contributed by atoms with E-state index in [1.54, 1.807) is 17.9 Å². The van der Waals surface area contributed by atoms with Gasteiger partial charge in [-0.25, -0.2) is 0 Å². The molecule has 5 heteroatoms. The number of nitrogens with one attached hydrogen (secondary N) is 1. The molecule has 0 saturated heterocycles. The number of hydrogen-bond donors (Lipinski definition) is 1. The molecule has 4 nitrogen and oxygen atoms in total. The summed E-state index contributed by atoms with van der Waals surface area (Å²) in [5.74, 6) is -0.173. The number of hydrogen-bond acceptors (Lipinski definition) is 2. The summed E-state index contributed by atoms with van der Waals surface area (Å²) >= 11 is 6.12. The van der Waals surface area contributed by atoms with Crippen molar-refractivity contribution in [1.29, 1.82) is 0 Å². The van der Waals surface area contributed by atoms with Crippen LogP contribution in [0.25, 0.3) is 0 Å². The highest BCUT2D eigenvalue weighted by Crippen LogP contribution is 2.17. The Morgan fingerprint density at radius 3 is 2.27 bits per heavy atom. The highest BCUT2D eigenvalue weighted by molar-refractivity contribution is 6.30. The molecule has 0 unspecified atom stereocenters. The summed E-state index contributed by atoms with van der Waals surface area (Å²) in [4.78, 5) is 27.5. The topological polar surface area (TPSA) is 49.4 Å². The van der Waals surface area contributed by atoms with Gasteiger partial charge in [0.15, 0.2) is 0 Å². The number of halogens is 1. The zero-order chi connectivity index (χ0) is 22.1. The van der Waals surface area contributed by atoms with Crippen molar-refractivity contribution in [3.05, 3.63) is 70.2 Å². The van der Waals surface area contributed by atoms with Gasteiger partial charge in [0.05, 0.1) is 0 Å². The highest BCUT2D eigenvalue weighted by Gasteiger charge is 2.26. The van der Waals surface area contributed by atoms with Gasteiger partial charge >= 0.3 is 0 Å². The molecule has 0 bridgehead atoms. The maximum absolute atomic E-state index is 13.1. The van der Waals surface area contributed by atoms with Crippen LogP contribution in [0.3, 0.4) is 0 Å². The van der Waals surface area contributed by atoms with Crippen LogP contribution in [0.2, 0.25) is 5.02 Å². The van der Waals surface area contributed by atoms with Crippen LogP contribution < -0.4 is 5.32 Å². The highest BCUT2D eigenvalue weighted by atomic mass is 35.5. The largest absolute Gasteiger partial charge is 0.352 e. The molecule has 0 fully saturated rings. The summed E-state index contributed by atoms with van der Waals surface area (Å²) in [6.07, 6.45) is 2.84. The van der Waals surface area contributed by atoms with Crippen LogP contribution in [0.15, 0.2) is 48.5 Å². The van der Waals surface area contributed by atoms with E-state index in [1.807, 2.05) is 32.0 Å². The lowest BCUT2D eigenvalue weighted by molar-refractivity contribution is -0.140. The number of amides is 2. The average molecular weight is 429 g/mol. The van der Waals surface area contributed by atoms with Crippen molar-refractivity contribution in [3.63, 3.8) is 0 Å². The van der Waals surface area contributed by atoms with Gasteiger partial charge in [0.2, 0.25) is 11.8 Å². The lowest BCUT2D eigenvalue weighted by Gasteiger charge is -2.30. The lowest BCUT2D eigenvalue weighted by atomic mass is 10.0. The third kappa shape index (κ3) is 7.17. The first-order chi connectivity index (χ1) is 14.3. The zero-order valence-corrected chi connectivity index (χ0v) is 19.2. The van der Waals surface area contributed by atoms with E-state index in [2.05, 4.69) is 36.5 Å². The summed E-state index contributed by atoms with van der Waals surface area (Å²) in [6, 6.07) is 15.3. The van der Waals surface area contributed by atoms with Crippen molar-refractivity contribution in [1.82, 2.24) is 10.2 Å². The van der Waals surface area contributed by atoms with E-state index >= 15 is 0 Å². The molecule has 2 atom stereocenters. The van der Waals surface area contributed by atoms with Crippen LogP contribution in [0.4, 0.5) is 0 Å². The third-order valence-electron chi connectivity index (χ3n) is 5.47. The molecule has 2 amide bonds. The van der Waals surface area contributed by atoms with Gasteiger partial charge in [0.1, 0.15) is 6.04 Å². The summed E-state index contributed by atoms with van der Waals surface area (Å²) in [7, 11) is 0. The smallest absolute Gasteiger partial charge is 0.242 e. The molecule has 0 spiro atoms. The van der Waals surface area contributed by atoms with E-state index in [-0.39, 0.29) is 17.9 Å². The molecule has 0 heterocycles. The van der Waals surface area contributed by atoms with Crippen LogP contribution >= 0.6 is 11.6 Å². The Balaban J connectivity index is 2.13. The van der Waals surface area contributed by atoms with Crippen molar-refractivity contribution < 1.29 is 9.59 Å². The predicted octanol–water partition coefficient (Wildman–Crippen LogP) is 5.17. The molecule has 162 valence electrons. The first kappa shape index (κ1) is 23.9. The third-order valence-corrected chi connectivity index (χ3v) is 5.70. The Morgan fingerprint density at radius 2 is 1.67 bits per heavy atom. The maximum atomic E-state index is 13.1. The first-order valence-corrected chi connectivity index (χ1v) is 11.1. The van der Waals surface area contributed by atoms with Gasteiger partial charge in [-0.05, 0) is 61.9 Å². The van der Waals surface area contributed by atoms with Gasteiger partial charge in [-0.15, -0.1) is 0 Å². The molecule has 0 aliphatic carbocycles. The lowest BCUT2D eigenvalue weighted by Crippen LogP contribution is -2.49. The average Bonchev–Trinajstić information content (AvgIpc) is 2.75. The van der Waals surface area contributed by atoms with Gasteiger partial charge in [-0.2, -0.15) is 0 Å². The van der Waals surface area contributed by atoms with Gasteiger partial charge in [-0.3, -0.25) is 9.59 Å². The molecule has 2 aromatic carbocycles. The minimum Gasteiger partial charge on any atom is -0.352 e. The number of nitrogens with zero attached hydrogens (tertiary/aromatic N) is 1. The Labute approximate surface area is 185 Å². The Morgan fingerprint density at radius 1 is 1.00 bits per heavy atom. The van der Waals surface area contributed by atoms with E-state index in [0.29, 0.717) is 24.4 Å².